The highest BCUT2D eigenvalue weighted by Crippen LogP contribution is 2.39. The maximum atomic E-state index is 12.5. The minimum atomic E-state index is -0.757. The molecule has 2 rings (SSSR count). The van der Waals surface area contributed by atoms with Gasteiger partial charge >= 0.3 is 12.0 Å². The number of rotatable bonds is 4. The molecule has 1 N–H and O–H groups in total. The van der Waals surface area contributed by atoms with Gasteiger partial charge in [-0.05, 0) is 43.2 Å². The van der Waals surface area contributed by atoms with Crippen LogP contribution in [0.1, 0.15) is 64.0 Å². The van der Waals surface area contributed by atoms with Gasteiger partial charge in [-0.1, -0.05) is 45.0 Å². The fourth-order valence-corrected chi connectivity index (χ4v) is 2.80. The second kappa shape index (κ2) is 7.24. The molecular weight excluding hydrogens is 304 g/mol. The normalized spacial score (nSPS) is 15.7. The van der Waals surface area contributed by atoms with Crippen LogP contribution in [-0.2, 0) is 9.63 Å². The van der Waals surface area contributed by atoms with Crippen LogP contribution in [-0.4, -0.2) is 30.0 Å². The summed E-state index contributed by atoms with van der Waals surface area (Å²) in [5.41, 5.74) is 3.89. The molecule has 0 aliphatic carbocycles. The number of nitrogens with one attached hydrogen (secondary N) is 1. The predicted octanol–water partition coefficient (Wildman–Crippen LogP) is 3.81. The van der Waals surface area contributed by atoms with Gasteiger partial charge in [-0.15, -0.1) is 0 Å². The van der Waals surface area contributed by atoms with Crippen molar-refractivity contribution in [3.8, 4) is 0 Å². The third kappa shape index (κ3) is 3.71. The van der Waals surface area contributed by atoms with E-state index in [-0.39, 0.29) is 11.9 Å². The van der Waals surface area contributed by atoms with Crippen molar-refractivity contribution in [3.05, 3.63) is 35.4 Å². The fraction of sp³-hybridized carbons (Fsp3) is 0.579. The molecule has 24 heavy (non-hydrogen) atoms. The maximum Gasteiger partial charge on any atom is 0.350 e. The van der Waals surface area contributed by atoms with E-state index in [4.69, 9.17) is 4.84 Å². The van der Waals surface area contributed by atoms with Gasteiger partial charge in [-0.3, -0.25) is 0 Å². The molecular formula is C19H28N2O3. The fourth-order valence-electron chi connectivity index (χ4n) is 2.80. The Labute approximate surface area is 144 Å². The Balaban J connectivity index is 2.07. The number of hydrogen-bond donors (Lipinski definition) is 1. The summed E-state index contributed by atoms with van der Waals surface area (Å²) in [5, 5.41) is 0. The monoisotopic (exact) mass is 332 g/mol. The third-order valence-corrected chi connectivity index (χ3v) is 5.07. The highest BCUT2D eigenvalue weighted by atomic mass is 16.7. The van der Waals surface area contributed by atoms with Crippen molar-refractivity contribution in [2.24, 2.45) is 5.41 Å². The SMILES string of the molecule is CC(C)c1ccccc1C(C)C(C)(C)C(=O)ONC(=O)N1CCC1. The summed E-state index contributed by atoms with van der Waals surface area (Å²) in [4.78, 5) is 31.0. The molecule has 1 aromatic carbocycles. The van der Waals surface area contributed by atoms with E-state index in [1.54, 1.807) is 4.90 Å². The molecule has 1 heterocycles. The van der Waals surface area contributed by atoms with Gasteiger partial charge in [0.15, 0.2) is 0 Å². The molecule has 132 valence electrons. The van der Waals surface area contributed by atoms with E-state index in [1.807, 2.05) is 32.9 Å². The highest BCUT2D eigenvalue weighted by molar-refractivity contribution is 5.80. The number of likely N-dealkylation sites (tertiary alicyclic amines) is 1. The van der Waals surface area contributed by atoms with Crippen LogP contribution in [0, 0.1) is 5.41 Å². The van der Waals surface area contributed by atoms with Crippen LogP contribution in [0.5, 0.6) is 0 Å². The van der Waals surface area contributed by atoms with Gasteiger partial charge in [0.2, 0.25) is 0 Å². The lowest BCUT2D eigenvalue weighted by molar-refractivity contribution is -0.161. The minimum Gasteiger partial charge on any atom is -0.339 e. The lowest BCUT2D eigenvalue weighted by Gasteiger charge is -2.33. The Morgan fingerprint density at radius 1 is 1.12 bits per heavy atom. The first kappa shape index (κ1) is 18.3. The van der Waals surface area contributed by atoms with Crippen molar-refractivity contribution in [1.29, 1.82) is 0 Å². The Bertz CT molecular complexity index is 606. The van der Waals surface area contributed by atoms with Gasteiger partial charge in [0.1, 0.15) is 0 Å². The molecule has 1 unspecified atom stereocenters. The minimum absolute atomic E-state index is 0.0375. The lowest BCUT2D eigenvalue weighted by atomic mass is 9.73. The lowest BCUT2D eigenvalue weighted by Crippen LogP contribution is -2.49. The standard InChI is InChI=1S/C19H28N2O3/c1-13(2)15-9-6-7-10-16(15)14(3)19(4,5)17(22)24-20-18(23)21-11-8-12-21/h6-7,9-10,13-14H,8,11-12H2,1-5H3,(H,20,23). The van der Waals surface area contributed by atoms with E-state index < -0.39 is 11.4 Å². The average molecular weight is 332 g/mol. The molecule has 5 nitrogen and oxygen atoms in total. The van der Waals surface area contributed by atoms with Gasteiger partial charge in [-0.25, -0.2) is 9.59 Å². The molecule has 1 aliphatic rings. The van der Waals surface area contributed by atoms with Crippen molar-refractivity contribution >= 4 is 12.0 Å². The summed E-state index contributed by atoms with van der Waals surface area (Å²) in [6.45, 7) is 11.4. The number of hydroxylamine groups is 1. The van der Waals surface area contributed by atoms with Crippen LogP contribution in [0.25, 0.3) is 0 Å². The first-order chi connectivity index (χ1) is 11.2. The molecule has 5 heteroatoms. The molecule has 0 saturated carbocycles. The van der Waals surface area contributed by atoms with E-state index in [1.165, 1.54) is 5.56 Å². The Morgan fingerprint density at radius 2 is 1.71 bits per heavy atom. The van der Waals surface area contributed by atoms with Crippen molar-refractivity contribution in [3.63, 3.8) is 0 Å². The summed E-state index contributed by atoms with van der Waals surface area (Å²) in [7, 11) is 0. The van der Waals surface area contributed by atoms with E-state index >= 15 is 0 Å². The van der Waals surface area contributed by atoms with Gasteiger partial charge in [-0.2, -0.15) is 5.48 Å². The predicted molar refractivity (Wildman–Crippen MR) is 93.5 cm³/mol. The first-order valence-electron chi connectivity index (χ1n) is 8.60. The van der Waals surface area contributed by atoms with Crippen LogP contribution < -0.4 is 5.48 Å². The molecule has 1 fully saturated rings. The summed E-state index contributed by atoms with van der Waals surface area (Å²) in [6, 6.07) is 7.83. The second-order valence-corrected chi connectivity index (χ2v) is 7.36. The smallest absolute Gasteiger partial charge is 0.339 e. The molecule has 0 bridgehead atoms. The molecule has 0 radical (unpaired) electrons. The van der Waals surface area contributed by atoms with Crippen molar-refractivity contribution in [2.75, 3.05) is 13.1 Å². The van der Waals surface area contributed by atoms with Gasteiger partial charge < -0.3 is 9.74 Å². The van der Waals surface area contributed by atoms with E-state index in [0.29, 0.717) is 19.0 Å². The zero-order valence-electron chi connectivity index (χ0n) is 15.3. The summed E-state index contributed by atoms with van der Waals surface area (Å²) in [5.74, 6) is -0.0893. The number of hydrogen-bond acceptors (Lipinski definition) is 3. The van der Waals surface area contributed by atoms with Crippen LogP contribution in [0.4, 0.5) is 4.79 Å². The maximum absolute atomic E-state index is 12.5. The number of carbonyl (C=O) groups excluding carboxylic acids is 2. The van der Waals surface area contributed by atoms with Crippen molar-refractivity contribution < 1.29 is 14.4 Å². The van der Waals surface area contributed by atoms with Crippen LogP contribution in [0.3, 0.4) is 0 Å². The Kier molecular flexibility index (Phi) is 5.52. The zero-order chi connectivity index (χ0) is 17.9. The summed E-state index contributed by atoms with van der Waals surface area (Å²) in [6.07, 6.45) is 0.996. The molecule has 1 aliphatic heterocycles. The number of amides is 2. The highest BCUT2D eigenvalue weighted by Gasteiger charge is 2.38. The van der Waals surface area contributed by atoms with Crippen LogP contribution >= 0.6 is 0 Å². The average Bonchev–Trinajstić information content (AvgIpc) is 2.49. The summed E-state index contributed by atoms with van der Waals surface area (Å²) < 4.78 is 0. The molecule has 1 saturated heterocycles. The molecule has 0 spiro atoms. The topological polar surface area (TPSA) is 58.6 Å². The van der Waals surface area contributed by atoms with Crippen LogP contribution in [0.2, 0.25) is 0 Å². The Morgan fingerprint density at radius 3 is 2.21 bits per heavy atom. The van der Waals surface area contributed by atoms with Gasteiger partial charge in [0.05, 0.1) is 5.41 Å². The molecule has 0 aromatic heterocycles. The molecule has 2 amide bonds. The summed E-state index contributed by atoms with van der Waals surface area (Å²) >= 11 is 0. The number of nitrogens with zero attached hydrogens (tertiary/aromatic N) is 1. The van der Waals surface area contributed by atoms with Crippen molar-refractivity contribution in [2.45, 2.75) is 52.9 Å². The second-order valence-electron chi connectivity index (χ2n) is 7.36. The van der Waals surface area contributed by atoms with E-state index in [0.717, 1.165) is 12.0 Å². The zero-order valence-corrected chi connectivity index (χ0v) is 15.3. The van der Waals surface area contributed by atoms with E-state index in [2.05, 4.69) is 31.5 Å². The molecule has 1 atom stereocenters. The van der Waals surface area contributed by atoms with Gasteiger partial charge in [0, 0.05) is 13.1 Å². The number of carbonyl (C=O) groups is 2. The van der Waals surface area contributed by atoms with E-state index in [9.17, 15) is 9.59 Å². The first-order valence-corrected chi connectivity index (χ1v) is 8.60. The quantitative estimate of drug-likeness (QED) is 0.853. The largest absolute Gasteiger partial charge is 0.350 e. The van der Waals surface area contributed by atoms with Crippen molar-refractivity contribution in [1.82, 2.24) is 10.4 Å². The van der Waals surface area contributed by atoms with Gasteiger partial charge in [0.25, 0.3) is 0 Å². The Hall–Kier alpha value is -2.04. The van der Waals surface area contributed by atoms with Crippen LogP contribution in [0.15, 0.2) is 24.3 Å². The molecule has 1 aromatic rings. The third-order valence-electron chi connectivity index (χ3n) is 5.07. The number of urea groups is 1. The number of benzene rings is 1.